The van der Waals surface area contributed by atoms with E-state index in [1.54, 1.807) is 0 Å². The minimum atomic E-state index is -1.67. The SMILES string of the molecule is O=C(O)CC(C(=O)O)N1C(=O)/C(=C/c2cc(Cl)ccc2OCC(=O)Nc2ccc(F)cc2)SC1=S. The van der Waals surface area contributed by atoms with Gasteiger partial charge in [-0.25, -0.2) is 9.18 Å². The summed E-state index contributed by atoms with van der Waals surface area (Å²) in [5.41, 5.74) is 0.673. The van der Waals surface area contributed by atoms with Crippen LogP contribution in [0.5, 0.6) is 5.75 Å². The van der Waals surface area contributed by atoms with Crippen molar-refractivity contribution in [1.29, 1.82) is 0 Å². The maximum absolute atomic E-state index is 13.0. The van der Waals surface area contributed by atoms with Crippen molar-refractivity contribution in [3.63, 3.8) is 0 Å². The van der Waals surface area contributed by atoms with Crippen LogP contribution < -0.4 is 10.1 Å². The van der Waals surface area contributed by atoms with Crippen LogP contribution in [0.2, 0.25) is 5.02 Å². The summed E-state index contributed by atoms with van der Waals surface area (Å²) in [6.45, 7) is -0.416. The van der Waals surface area contributed by atoms with Gasteiger partial charge in [-0.1, -0.05) is 35.6 Å². The van der Waals surface area contributed by atoms with Crippen LogP contribution in [0.4, 0.5) is 10.1 Å². The first-order chi connectivity index (χ1) is 16.5. The number of thiocarbonyl (C=S) groups is 1. The number of carboxylic acids is 2. The van der Waals surface area contributed by atoms with Crippen LogP contribution >= 0.6 is 35.6 Å². The number of hydrogen-bond acceptors (Lipinski definition) is 7. The Morgan fingerprint density at radius 2 is 1.89 bits per heavy atom. The van der Waals surface area contributed by atoms with E-state index in [0.29, 0.717) is 16.3 Å². The Morgan fingerprint density at radius 3 is 2.51 bits per heavy atom. The summed E-state index contributed by atoms with van der Waals surface area (Å²) in [5, 5.41) is 21.2. The van der Waals surface area contributed by atoms with Crippen molar-refractivity contribution in [2.45, 2.75) is 12.5 Å². The summed E-state index contributed by atoms with van der Waals surface area (Å²) < 4.78 is 18.5. The molecule has 13 heteroatoms. The normalized spacial score (nSPS) is 15.3. The van der Waals surface area contributed by atoms with Crippen molar-refractivity contribution in [3.8, 4) is 5.75 Å². The highest BCUT2D eigenvalue weighted by Gasteiger charge is 2.41. The smallest absolute Gasteiger partial charge is 0.327 e. The zero-order valence-corrected chi connectivity index (χ0v) is 20.0. The fourth-order valence-electron chi connectivity index (χ4n) is 2.98. The average molecular weight is 539 g/mol. The third kappa shape index (κ3) is 6.78. The summed E-state index contributed by atoms with van der Waals surface area (Å²) in [6, 6.07) is 7.93. The molecular weight excluding hydrogens is 523 g/mol. The van der Waals surface area contributed by atoms with Crippen molar-refractivity contribution in [2.75, 3.05) is 11.9 Å². The largest absolute Gasteiger partial charge is 0.483 e. The maximum Gasteiger partial charge on any atom is 0.327 e. The summed E-state index contributed by atoms with van der Waals surface area (Å²) in [6.07, 6.45) is 0.530. The van der Waals surface area contributed by atoms with E-state index in [1.807, 2.05) is 0 Å². The van der Waals surface area contributed by atoms with Gasteiger partial charge in [-0.15, -0.1) is 0 Å². The van der Waals surface area contributed by atoms with Crippen LogP contribution in [0.25, 0.3) is 6.08 Å². The number of carboxylic acid groups (broad SMARTS) is 2. The van der Waals surface area contributed by atoms with Gasteiger partial charge in [0.15, 0.2) is 6.61 Å². The molecule has 1 atom stereocenters. The molecule has 0 aromatic heterocycles. The van der Waals surface area contributed by atoms with E-state index < -0.39 is 48.6 Å². The van der Waals surface area contributed by atoms with E-state index in [1.165, 1.54) is 48.5 Å². The summed E-state index contributed by atoms with van der Waals surface area (Å²) in [5.74, 6) is -4.48. The Bertz CT molecular complexity index is 1240. The first-order valence-corrected chi connectivity index (χ1v) is 11.3. The second-order valence-electron chi connectivity index (χ2n) is 7.03. The minimum absolute atomic E-state index is 0.0227. The lowest BCUT2D eigenvalue weighted by atomic mass is 10.1. The fraction of sp³-hybridized carbons (Fsp3) is 0.136. The fourth-order valence-corrected chi connectivity index (χ4v) is 4.51. The summed E-state index contributed by atoms with van der Waals surface area (Å²) in [4.78, 5) is 48.4. The molecule has 0 spiro atoms. The molecule has 0 aliphatic carbocycles. The number of carbonyl (C=O) groups is 4. The maximum atomic E-state index is 13.0. The van der Waals surface area contributed by atoms with Crippen molar-refractivity contribution in [2.24, 2.45) is 0 Å². The molecule has 2 aromatic carbocycles. The topological polar surface area (TPSA) is 133 Å². The molecule has 9 nitrogen and oxygen atoms in total. The van der Waals surface area contributed by atoms with Gasteiger partial charge in [0.25, 0.3) is 11.8 Å². The van der Waals surface area contributed by atoms with E-state index in [-0.39, 0.29) is 15.0 Å². The number of carbonyl (C=O) groups excluding carboxylic acids is 2. The van der Waals surface area contributed by atoms with Gasteiger partial charge in [0.05, 0.1) is 11.3 Å². The number of hydrogen-bond donors (Lipinski definition) is 3. The molecule has 2 aromatic rings. The molecule has 1 fully saturated rings. The number of rotatable bonds is 9. The van der Waals surface area contributed by atoms with Crippen molar-refractivity contribution in [3.05, 3.63) is 63.8 Å². The second kappa shape index (κ2) is 11.3. The predicted molar refractivity (Wildman–Crippen MR) is 131 cm³/mol. The predicted octanol–water partition coefficient (Wildman–Crippen LogP) is 3.63. The number of nitrogens with zero attached hydrogens (tertiary/aromatic N) is 1. The molecule has 3 rings (SSSR count). The number of benzene rings is 2. The summed E-state index contributed by atoms with van der Waals surface area (Å²) in [7, 11) is 0. The van der Waals surface area contributed by atoms with Crippen LogP contribution in [0.15, 0.2) is 47.4 Å². The number of ether oxygens (including phenoxy) is 1. The van der Waals surface area contributed by atoms with Crippen LogP contribution in [0.3, 0.4) is 0 Å². The molecule has 0 saturated carbocycles. The Kier molecular flexibility index (Phi) is 8.43. The quantitative estimate of drug-likeness (QED) is 0.323. The van der Waals surface area contributed by atoms with Crippen molar-refractivity contribution >= 4 is 75.4 Å². The zero-order valence-electron chi connectivity index (χ0n) is 17.6. The Morgan fingerprint density at radius 1 is 1.20 bits per heavy atom. The lowest BCUT2D eigenvalue weighted by molar-refractivity contribution is -0.150. The van der Waals surface area contributed by atoms with Gasteiger partial charge in [-0.05, 0) is 48.5 Å². The van der Waals surface area contributed by atoms with Gasteiger partial charge in [-0.2, -0.15) is 0 Å². The third-order valence-corrected chi connectivity index (χ3v) is 6.10. The first-order valence-electron chi connectivity index (χ1n) is 9.74. The monoisotopic (exact) mass is 538 g/mol. The standard InChI is InChI=1S/C22H16ClFN2O7S2/c23-12-1-6-16(33-10-18(27)25-14-4-2-13(24)3-5-14)11(7-12)8-17-20(30)26(22(34)35-17)15(21(31)32)9-19(28)29/h1-8,15H,9-10H2,(H,25,27)(H,28,29)(H,31,32)/b17-8-. The van der Waals surface area contributed by atoms with Gasteiger partial charge in [0.2, 0.25) is 0 Å². The van der Waals surface area contributed by atoms with Gasteiger partial charge in [-0.3, -0.25) is 19.3 Å². The van der Waals surface area contributed by atoms with E-state index in [4.69, 9.17) is 33.7 Å². The van der Waals surface area contributed by atoms with Crippen LogP contribution in [0, 0.1) is 5.82 Å². The number of amides is 2. The molecule has 1 aliphatic heterocycles. The molecule has 35 heavy (non-hydrogen) atoms. The molecule has 0 radical (unpaired) electrons. The molecule has 1 aliphatic rings. The molecule has 1 heterocycles. The number of nitrogens with one attached hydrogen (secondary N) is 1. The zero-order chi connectivity index (χ0) is 25.7. The molecule has 182 valence electrons. The Hall–Kier alpha value is -3.48. The van der Waals surface area contributed by atoms with E-state index in [2.05, 4.69) is 5.32 Å². The number of halogens is 2. The molecule has 3 N–H and O–H groups in total. The molecule has 1 unspecified atom stereocenters. The molecule has 2 amide bonds. The highest BCUT2D eigenvalue weighted by atomic mass is 35.5. The van der Waals surface area contributed by atoms with E-state index >= 15 is 0 Å². The highest BCUT2D eigenvalue weighted by molar-refractivity contribution is 8.26. The van der Waals surface area contributed by atoms with Gasteiger partial charge < -0.3 is 20.3 Å². The number of aliphatic carboxylic acids is 2. The van der Waals surface area contributed by atoms with Gasteiger partial charge in [0, 0.05) is 16.3 Å². The lowest BCUT2D eigenvalue weighted by Gasteiger charge is -2.21. The van der Waals surface area contributed by atoms with Crippen LogP contribution in [0.1, 0.15) is 12.0 Å². The minimum Gasteiger partial charge on any atom is -0.483 e. The van der Waals surface area contributed by atoms with Crippen LogP contribution in [-0.4, -0.2) is 55.8 Å². The van der Waals surface area contributed by atoms with E-state index in [0.717, 1.165) is 16.7 Å². The lowest BCUT2D eigenvalue weighted by Crippen LogP contribution is -2.45. The van der Waals surface area contributed by atoms with Gasteiger partial charge in [0.1, 0.15) is 21.9 Å². The highest BCUT2D eigenvalue weighted by Crippen LogP contribution is 2.36. The average Bonchev–Trinajstić information content (AvgIpc) is 3.05. The molecular formula is C22H16ClFN2O7S2. The van der Waals surface area contributed by atoms with Crippen LogP contribution in [-0.2, 0) is 19.2 Å². The first kappa shape index (κ1) is 26.1. The Balaban J connectivity index is 1.78. The number of anilines is 1. The van der Waals surface area contributed by atoms with Gasteiger partial charge >= 0.3 is 11.9 Å². The van der Waals surface area contributed by atoms with Crippen molar-refractivity contribution < 1.29 is 38.5 Å². The Labute approximate surface area is 212 Å². The molecule has 0 bridgehead atoms. The van der Waals surface area contributed by atoms with E-state index in [9.17, 15) is 28.7 Å². The number of thioether (sulfide) groups is 1. The summed E-state index contributed by atoms with van der Waals surface area (Å²) >= 11 is 12.0. The van der Waals surface area contributed by atoms with Crippen molar-refractivity contribution in [1.82, 2.24) is 4.90 Å². The molecule has 1 saturated heterocycles. The third-order valence-electron chi connectivity index (χ3n) is 4.53. The second-order valence-corrected chi connectivity index (χ2v) is 9.14.